The Morgan fingerprint density at radius 3 is 2.59 bits per heavy atom. The van der Waals surface area contributed by atoms with E-state index in [1.54, 1.807) is 12.1 Å². The van der Waals surface area contributed by atoms with Gasteiger partial charge in [-0.25, -0.2) is 13.1 Å². The van der Waals surface area contributed by atoms with Crippen molar-refractivity contribution in [2.45, 2.75) is 55.5 Å². The molecule has 0 bridgehead atoms. The zero-order valence-electron chi connectivity index (χ0n) is 17.2. The third-order valence-electron chi connectivity index (χ3n) is 4.72. The minimum Gasteiger partial charge on any atom is -0.487 e. The lowest BCUT2D eigenvalue weighted by atomic mass is 9.90. The van der Waals surface area contributed by atoms with Crippen LogP contribution in [0.15, 0.2) is 46.2 Å². The van der Waals surface area contributed by atoms with E-state index in [0.29, 0.717) is 17.9 Å². The Kier molecular flexibility index (Phi) is 5.98. The smallest absolute Gasteiger partial charge is 0.241 e. The number of nitrogens with one attached hydrogen (secondary N) is 2. The number of thioether (sulfide) groups is 1. The van der Waals surface area contributed by atoms with Crippen LogP contribution in [0, 0.1) is 6.92 Å². The van der Waals surface area contributed by atoms with Gasteiger partial charge in [-0.05, 0) is 56.9 Å². The molecule has 1 amide bonds. The van der Waals surface area contributed by atoms with Crippen molar-refractivity contribution in [1.29, 1.82) is 0 Å². The number of benzene rings is 2. The third kappa shape index (κ3) is 4.94. The van der Waals surface area contributed by atoms with E-state index in [-0.39, 0.29) is 10.8 Å². The fourth-order valence-electron chi connectivity index (χ4n) is 3.46. The molecule has 1 heterocycles. The molecule has 1 aliphatic rings. The van der Waals surface area contributed by atoms with Gasteiger partial charge in [0.05, 0.1) is 16.6 Å². The van der Waals surface area contributed by atoms with E-state index in [4.69, 9.17) is 4.74 Å². The third-order valence-corrected chi connectivity index (χ3v) is 6.98. The van der Waals surface area contributed by atoms with Crippen molar-refractivity contribution >= 4 is 33.4 Å². The van der Waals surface area contributed by atoms with Gasteiger partial charge in [0.1, 0.15) is 11.4 Å². The van der Waals surface area contributed by atoms with Crippen LogP contribution in [0.25, 0.3) is 0 Å². The molecule has 0 saturated heterocycles. The summed E-state index contributed by atoms with van der Waals surface area (Å²) in [6, 6.07) is 10.1. The number of amides is 1. The van der Waals surface area contributed by atoms with Crippen LogP contribution in [0.2, 0.25) is 0 Å². The summed E-state index contributed by atoms with van der Waals surface area (Å²) in [7, 11) is -3.81. The second kappa shape index (κ2) is 8.01. The lowest BCUT2D eigenvalue weighted by Gasteiger charge is -2.38. The Balaban J connectivity index is 1.96. The Morgan fingerprint density at radius 1 is 1.21 bits per heavy atom. The van der Waals surface area contributed by atoms with E-state index in [1.165, 1.54) is 24.8 Å². The molecule has 29 heavy (non-hydrogen) atoms. The molecule has 156 valence electrons. The van der Waals surface area contributed by atoms with Crippen molar-refractivity contribution in [3.05, 3.63) is 47.5 Å². The van der Waals surface area contributed by atoms with E-state index in [2.05, 4.69) is 10.0 Å². The normalized spacial score (nSPS) is 17.9. The molecule has 0 unspecified atom stereocenters. The minimum absolute atomic E-state index is 0.108. The summed E-state index contributed by atoms with van der Waals surface area (Å²) >= 11 is 1.44. The van der Waals surface area contributed by atoms with E-state index in [1.807, 2.05) is 45.2 Å². The summed E-state index contributed by atoms with van der Waals surface area (Å²) in [5.74, 6) is 0.448. The van der Waals surface area contributed by atoms with E-state index >= 15 is 0 Å². The van der Waals surface area contributed by atoms with Gasteiger partial charge in [-0.15, -0.1) is 11.8 Å². The van der Waals surface area contributed by atoms with E-state index in [9.17, 15) is 13.2 Å². The summed E-state index contributed by atoms with van der Waals surface area (Å²) in [5, 5.41) is 2.70. The maximum absolute atomic E-state index is 13.2. The number of hydrogen-bond donors (Lipinski definition) is 2. The second-order valence-electron chi connectivity index (χ2n) is 7.82. The fourth-order valence-corrected chi connectivity index (χ4v) is 5.24. The molecule has 3 rings (SSSR count). The number of carbonyl (C=O) groups excluding carboxylic acids is 1. The summed E-state index contributed by atoms with van der Waals surface area (Å²) < 4.78 is 35.2. The highest BCUT2D eigenvalue weighted by Crippen LogP contribution is 2.40. The van der Waals surface area contributed by atoms with Crippen LogP contribution in [0.1, 0.15) is 44.4 Å². The molecule has 2 aromatic rings. The van der Waals surface area contributed by atoms with Crippen molar-refractivity contribution in [2.24, 2.45) is 0 Å². The van der Waals surface area contributed by atoms with E-state index in [0.717, 1.165) is 16.0 Å². The van der Waals surface area contributed by atoms with Gasteiger partial charge >= 0.3 is 0 Å². The number of sulfonamides is 1. The van der Waals surface area contributed by atoms with Crippen molar-refractivity contribution in [3.8, 4) is 5.75 Å². The molecule has 2 aromatic carbocycles. The molecule has 8 heteroatoms. The molecular weight excluding hydrogens is 408 g/mol. The quantitative estimate of drug-likeness (QED) is 0.687. The first kappa shape index (κ1) is 21.7. The van der Waals surface area contributed by atoms with Gasteiger partial charge in [-0.3, -0.25) is 4.79 Å². The monoisotopic (exact) mass is 434 g/mol. The first-order valence-corrected chi connectivity index (χ1v) is 12.0. The molecular formula is C21H26N2O4S2. The Bertz CT molecular complexity index is 1050. The Labute approximate surface area is 176 Å². The van der Waals surface area contributed by atoms with Gasteiger partial charge in [0.15, 0.2) is 0 Å². The standard InChI is InChI=1S/C21H26N2O4S2/c1-13-6-8-16-18(12-21(3,4)27-19(16)10-13)23-29(25,26)15-7-9-20(28-5)17(11-15)22-14(2)24/h6-11,18,23H,12H2,1-5H3,(H,22,24)/t18-/m0/s1. The van der Waals surface area contributed by atoms with Gasteiger partial charge in [-0.1, -0.05) is 12.1 Å². The Hall–Kier alpha value is -2.03. The van der Waals surface area contributed by atoms with Crippen molar-refractivity contribution < 1.29 is 17.9 Å². The molecule has 1 atom stereocenters. The SMILES string of the molecule is CSc1ccc(S(=O)(=O)N[C@H]2CC(C)(C)Oc3cc(C)ccc32)cc1NC(C)=O. The maximum atomic E-state index is 13.2. The predicted molar refractivity (Wildman–Crippen MR) is 116 cm³/mol. The van der Waals surface area contributed by atoms with Crippen molar-refractivity contribution in [3.63, 3.8) is 0 Å². The van der Waals surface area contributed by atoms with Crippen molar-refractivity contribution in [2.75, 3.05) is 11.6 Å². The van der Waals surface area contributed by atoms with Gasteiger partial charge < -0.3 is 10.1 Å². The molecule has 0 aliphatic carbocycles. The molecule has 0 aromatic heterocycles. The van der Waals surface area contributed by atoms with Gasteiger partial charge in [0.25, 0.3) is 0 Å². The number of fused-ring (bicyclic) bond motifs is 1. The summed E-state index contributed by atoms with van der Waals surface area (Å²) in [6.45, 7) is 7.26. The summed E-state index contributed by atoms with van der Waals surface area (Å²) in [5.41, 5.74) is 1.85. The van der Waals surface area contributed by atoms with Crippen molar-refractivity contribution in [1.82, 2.24) is 4.72 Å². The van der Waals surface area contributed by atoms with Crippen LogP contribution in [-0.2, 0) is 14.8 Å². The lowest BCUT2D eigenvalue weighted by Crippen LogP contribution is -2.41. The molecule has 2 N–H and O–H groups in total. The fraction of sp³-hybridized carbons (Fsp3) is 0.381. The van der Waals surface area contributed by atoms with Crippen LogP contribution in [-0.4, -0.2) is 26.2 Å². The molecule has 6 nitrogen and oxygen atoms in total. The second-order valence-corrected chi connectivity index (χ2v) is 10.4. The first-order valence-electron chi connectivity index (χ1n) is 9.28. The average Bonchev–Trinajstić information content (AvgIpc) is 2.59. The zero-order chi connectivity index (χ0) is 21.4. The predicted octanol–water partition coefficient (Wildman–Crippen LogP) is 4.26. The van der Waals surface area contributed by atoms with Crippen LogP contribution >= 0.6 is 11.8 Å². The number of anilines is 1. The first-order chi connectivity index (χ1) is 13.5. The zero-order valence-corrected chi connectivity index (χ0v) is 18.8. The van der Waals surface area contributed by atoms with Crippen LogP contribution < -0.4 is 14.8 Å². The maximum Gasteiger partial charge on any atom is 0.241 e. The minimum atomic E-state index is -3.81. The number of aryl methyl sites for hydroxylation is 1. The van der Waals surface area contributed by atoms with Crippen LogP contribution in [0.5, 0.6) is 5.75 Å². The number of ether oxygens (including phenoxy) is 1. The molecule has 0 spiro atoms. The Morgan fingerprint density at radius 2 is 1.93 bits per heavy atom. The lowest BCUT2D eigenvalue weighted by molar-refractivity contribution is -0.114. The highest BCUT2D eigenvalue weighted by atomic mass is 32.2. The van der Waals surface area contributed by atoms with Crippen LogP contribution in [0.3, 0.4) is 0 Å². The van der Waals surface area contributed by atoms with Gasteiger partial charge in [0, 0.05) is 23.8 Å². The largest absolute Gasteiger partial charge is 0.487 e. The van der Waals surface area contributed by atoms with Gasteiger partial charge in [-0.2, -0.15) is 0 Å². The number of rotatable bonds is 5. The average molecular weight is 435 g/mol. The number of hydrogen-bond acceptors (Lipinski definition) is 5. The van der Waals surface area contributed by atoms with E-state index < -0.39 is 21.7 Å². The van der Waals surface area contributed by atoms with Gasteiger partial charge in [0.2, 0.25) is 15.9 Å². The molecule has 0 radical (unpaired) electrons. The highest BCUT2D eigenvalue weighted by molar-refractivity contribution is 7.98. The summed E-state index contributed by atoms with van der Waals surface area (Å²) in [6.07, 6.45) is 2.37. The number of carbonyl (C=O) groups is 1. The highest BCUT2D eigenvalue weighted by Gasteiger charge is 2.36. The summed E-state index contributed by atoms with van der Waals surface area (Å²) in [4.78, 5) is 12.4. The molecule has 0 saturated carbocycles. The topological polar surface area (TPSA) is 84.5 Å². The molecule has 1 aliphatic heterocycles. The molecule has 0 fully saturated rings. The van der Waals surface area contributed by atoms with Crippen LogP contribution in [0.4, 0.5) is 5.69 Å².